The molecule has 10 nitrogen and oxygen atoms in total. The van der Waals surface area contributed by atoms with E-state index < -0.39 is 0 Å². The second kappa shape index (κ2) is 8.86. The lowest BCUT2D eigenvalue weighted by Gasteiger charge is -2.09. The first-order valence-corrected chi connectivity index (χ1v) is 9.23. The zero-order valence-electron chi connectivity index (χ0n) is 16.2. The molecule has 1 aromatic carbocycles. The number of hydrogen-bond acceptors (Lipinski definition) is 8. The van der Waals surface area contributed by atoms with Crippen molar-refractivity contribution in [3.63, 3.8) is 0 Å². The molecule has 0 saturated carbocycles. The molecule has 4 rings (SSSR count). The van der Waals surface area contributed by atoms with E-state index in [-0.39, 0.29) is 12.5 Å². The van der Waals surface area contributed by atoms with Crippen molar-refractivity contribution < 1.29 is 4.79 Å². The van der Waals surface area contributed by atoms with E-state index >= 15 is 0 Å². The molecule has 4 aromatic rings. The van der Waals surface area contributed by atoms with E-state index in [4.69, 9.17) is 0 Å². The first-order valence-electron chi connectivity index (χ1n) is 9.23. The first kappa shape index (κ1) is 19.1. The maximum absolute atomic E-state index is 12.4. The zero-order valence-corrected chi connectivity index (χ0v) is 16.2. The molecule has 0 atom stereocenters. The third kappa shape index (κ3) is 4.43. The zero-order chi connectivity index (χ0) is 20.8. The molecular formula is C20H19N9O. The van der Waals surface area contributed by atoms with Gasteiger partial charge in [0, 0.05) is 36.9 Å². The van der Waals surface area contributed by atoms with Crippen LogP contribution in [-0.4, -0.2) is 40.6 Å². The predicted molar refractivity (Wildman–Crippen MR) is 109 cm³/mol. The molecule has 0 aliphatic heterocycles. The second-order valence-corrected chi connectivity index (χ2v) is 6.38. The highest BCUT2D eigenvalue weighted by molar-refractivity contribution is 5.95. The van der Waals surface area contributed by atoms with Crippen LogP contribution in [0.1, 0.15) is 22.0 Å². The topological polar surface area (TPSA) is 123 Å². The number of carbonyl (C=O) groups excluding carboxylic acids is 1. The molecule has 0 saturated heterocycles. The molecule has 0 bridgehead atoms. The van der Waals surface area contributed by atoms with Gasteiger partial charge in [-0.3, -0.25) is 4.79 Å². The molecule has 0 radical (unpaired) electrons. The van der Waals surface area contributed by atoms with Gasteiger partial charge in [-0.05, 0) is 30.3 Å². The summed E-state index contributed by atoms with van der Waals surface area (Å²) in [6.45, 7) is 0.708. The maximum Gasteiger partial charge on any atom is 0.251 e. The average molecular weight is 401 g/mol. The number of nitrogens with one attached hydrogen (secondary N) is 2. The Morgan fingerprint density at radius 2 is 1.87 bits per heavy atom. The molecule has 0 spiro atoms. The minimum Gasteiger partial charge on any atom is -0.378 e. The fraction of sp³-hybridized carbons (Fsp3) is 0.150. The van der Waals surface area contributed by atoms with Crippen molar-refractivity contribution in [3.05, 3.63) is 78.5 Å². The Hall–Kier alpha value is -4.21. The van der Waals surface area contributed by atoms with Gasteiger partial charge in [-0.1, -0.05) is 6.07 Å². The Bertz CT molecular complexity index is 1130. The Labute approximate surface area is 172 Å². The molecule has 0 aliphatic rings. The Kier molecular flexibility index (Phi) is 5.65. The van der Waals surface area contributed by atoms with Crippen LogP contribution >= 0.6 is 0 Å². The number of carbonyl (C=O) groups is 1. The van der Waals surface area contributed by atoms with E-state index in [1.165, 1.54) is 6.33 Å². The van der Waals surface area contributed by atoms with Crippen LogP contribution < -0.4 is 10.6 Å². The van der Waals surface area contributed by atoms with Gasteiger partial charge in [0.15, 0.2) is 11.6 Å². The van der Waals surface area contributed by atoms with Gasteiger partial charge in [0.25, 0.3) is 5.91 Å². The molecule has 30 heavy (non-hydrogen) atoms. The number of hydrogen-bond donors (Lipinski definition) is 2. The number of anilines is 1. The van der Waals surface area contributed by atoms with Crippen molar-refractivity contribution in [1.82, 2.24) is 40.0 Å². The highest BCUT2D eigenvalue weighted by atomic mass is 16.1. The largest absolute Gasteiger partial charge is 0.378 e. The van der Waals surface area contributed by atoms with Crippen LogP contribution in [0.15, 0.2) is 61.3 Å². The van der Waals surface area contributed by atoms with Crippen LogP contribution in [0, 0.1) is 0 Å². The van der Waals surface area contributed by atoms with Crippen LogP contribution in [0.4, 0.5) is 5.69 Å². The van der Waals surface area contributed by atoms with Gasteiger partial charge in [-0.2, -0.15) is 0 Å². The third-order valence-corrected chi connectivity index (χ3v) is 4.38. The Morgan fingerprint density at radius 1 is 1.00 bits per heavy atom. The van der Waals surface area contributed by atoms with Crippen LogP contribution in [0.5, 0.6) is 0 Å². The molecule has 0 unspecified atom stereocenters. The van der Waals surface area contributed by atoms with Gasteiger partial charge in [-0.15, -0.1) is 10.2 Å². The summed E-state index contributed by atoms with van der Waals surface area (Å²) in [5.74, 6) is 1.75. The SMILES string of the molecule is Cn1c(CNc2cccc(C(=O)NCc3ncccn3)c2)nnc1-c1ccncn1. The van der Waals surface area contributed by atoms with Gasteiger partial charge in [-0.25, -0.2) is 19.9 Å². The molecule has 10 heteroatoms. The van der Waals surface area contributed by atoms with Crippen molar-refractivity contribution >= 4 is 11.6 Å². The summed E-state index contributed by atoms with van der Waals surface area (Å²) in [6.07, 6.45) is 6.42. The van der Waals surface area contributed by atoms with Crippen LogP contribution in [0.3, 0.4) is 0 Å². The average Bonchev–Trinajstić information content (AvgIpc) is 3.17. The highest BCUT2D eigenvalue weighted by Crippen LogP contribution is 2.15. The lowest BCUT2D eigenvalue weighted by Crippen LogP contribution is -2.23. The minimum absolute atomic E-state index is 0.198. The van der Waals surface area contributed by atoms with Crippen molar-refractivity contribution in [3.8, 4) is 11.5 Å². The van der Waals surface area contributed by atoms with E-state index in [1.807, 2.05) is 23.7 Å². The quantitative estimate of drug-likeness (QED) is 0.479. The lowest BCUT2D eigenvalue weighted by molar-refractivity contribution is 0.0950. The van der Waals surface area contributed by atoms with E-state index in [0.29, 0.717) is 29.5 Å². The van der Waals surface area contributed by atoms with Gasteiger partial charge in [0.1, 0.15) is 17.8 Å². The normalized spacial score (nSPS) is 10.6. The van der Waals surface area contributed by atoms with Crippen LogP contribution in [-0.2, 0) is 20.1 Å². The standard InChI is InChI=1S/C20H19N9O/c1-29-18(27-28-19(29)16-6-9-21-13-26-16)12-24-15-5-2-4-14(10-15)20(30)25-11-17-22-7-3-8-23-17/h2-10,13,24H,11-12H2,1H3,(H,25,30). The smallest absolute Gasteiger partial charge is 0.251 e. The van der Waals surface area contributed by atoms with E-state index in [2.05, 4.69) is 40.8 Å². The summed E-state index contributed by atoms with van der Waals surface area (Å²) in [6, 6.07) is 10.8. The third-order valence-electron chi connectivity index (χ3n) is 4.38. The minimum atomic E-state index is -0.198. The number of rotatable bonds is 7. The van der Waals surface area contributed by atoms with E-state index in [1.54, 1.807) is 42.9 Å². The van der Waals surface area contributed by atoms with Crippen molar-refractivity contribution in [2.45, 2.75) is 13.1 Å². The van der Waals surface area contributed by atoms with Crippen molar-refractivity contribution in [2.75, 3.05) is 5.32 Å². The second-order valence-electron chi connectivity index (χ2n) is 6.38. The molecule has 2 N–H and O–H groups in total. The molecule has 1 amide bonds. The summed E-state index contributed by atoms with van der Waals surface area (Å²) in [5, 5.41) is 14.5. The first-order chi connectivity index (χ1) is 14.7. The fourth-order valence-corrected chi connectivity index (χ4v) is 2.80. The number of amides is 1. The predicted octanol–water partition coefficient (Wildman–Crippen LogP) is 1.60. The van der Waals surface area contributed by atoms with Gasteiger partial charge in [0.05, 0.1) is 13.1 Å². The monoisotopic (exact) mass is 401 g/mol. The van der Waals surface area contributed by atoms with Gasteiger partial charge in [0.2, 0.25) is 0 Å². The summed E-state index contributed by atoms with van der Waals surface area (Å²) >= 11 is 0. The summed E-state index contributed by atoms with van der Waals surface area (Å²) in [4.78, 5) is 28.7. The molecule has 150 valence electrons. The summed E-state index contributed by atoms with van der Waals surface area (Å²) in [7, 11) is 1.88. The van der Waals surface area contributed by atoms with E-state index in [9.17, 15) is 4.79 Å². The fourth-order valence-electron chi connectivity index (χ4n) is 2.80. The molecule has 0 fully saturated rings. The Morgan fingerprint density at radius 3 is 2.67 bits per heavy atom. The van der Waals surface area contributed by atoms with Crippen LogP contribution in [0.2, 0.25) is 0 Å². The summed E-state index contributed by atoms with van der Waals surface area (Å²) < 4.78 is 1.87. The Balaban J connectivity index is 1.39. The molecule has 3 heterocycles. The number of benzene rings is 1. The van der Waals surface area contributed by atoms with Crippen LogP contribution in [0.25, 0.3) is 11.5 Å². The van der Waals surface area contributed by atoms with E-state index in [0.717, 1.165) is 11.5 Å². The van der Waals surface area contributed by atoms with Gasteiger partial charge >= 0.3 is 0 Å². The maximum atomic E-state index is 12.4. The van der Waals surface area contributed by atoms with Gasteiger partial charge < -0.3 is 15.2 Å². The number of aromatic nitrogens is 7. The number of nitrogens with zero attached hydrogens (tertiary/aromatic N) is 7. The van der Waals surface area contributed by atoms with Crippen molar-refractivity contribution in [2.24, 2.45) is 7.05 Å². The molecule has 0 aliphatic carbocycles. The molecule has 3 aromatic heterocycles. The highest BCUT2D eigenvalue weighted by Gasteiger charge is 2.12. The van der Waals surface area contributed by atoms with Crippen molar-refractivity contribution in [1.29, 1.82) is 0 Å². The lowest BCUT2D eigenvalue weighted by atomic mass is 10.2. The summed E-state index contributed by atoms with van der Waals surface area (Å²) in [5.41, 5.74) is 2.04. The molecular weight excluding hydrogens is 382 g/mol.